The van der Waals surface area contributed by atoms with Crippen LogP contribution in [0.25, 0.3) is 22.0 Å². The zero-order chi connectivity index (χ0) is 20.3. The maximum atomic E-state index is 13.9. The molecule has 0 saturated carbocycles. The van der Waals surface area contributed by atoms with Crippen molar-refractivity contribution in [1.29, 1.82) is 0 Å². The van der Waals surface area contributed by atoms with Gasteiger partial charge in [-0.3, -0.25) is 0 Å². The van der Waals surface area contributed by atoms with Crippen molar-refractivity contribution in [3.8, 4) is 16.9 Å². The van der Waals surface area contributed by atoms with E-state index < -0.39 is 0 Å². The number of halogens is 1. The van der Waals surface area contributed by atoms with Crippen molar-refractivity contribution in [1.82, 2.24) is 4.98 Å². The fraction of sp³-hybridized carbons (Fsp3) is 0.318. The van der Waals surface area contributed by atoms with Crippen LogP contribution >= 0.6 is 11.8 Å². The van der Waals surface area contributed by atoms with Gasteiger partial charge in [0.15, 0.2) is 0 Å². The van der Waals surface area contributed by atoms with Crippen molar-refractivity contribution >= 4 is 28.5 Å². The van der Waals surface area contributed by atoms with E-state index >= 15 is 0 Å². The van der Waals surface area contributed by atoms with Crippen molar-refractivity contribution in [2.24, 2.45) is 0 Å². The molecule has 148 valence electrons. The number of pyridine rings is 1. The van der Waals surface area contributed by atoms with Gasteiger partial charge in [0.2, 0.25) is 0 Å². The molecule has 1 unspecified atom stereocenters. The van der Waals surface area contributed by atoms with Crippen molar-refractivity contribution < 1.29 is 14.6 Å². The number of aromatic hydroxyl groups is 1. The molecule has 2 aromatic carbocycles. The highest BCUT2D eigenvalue weighted by Crippen LogP contribution is 2.40. The summed E-state index contributed by atoms with van der Waals surface area (Å²) in [7, 11) is 0. The molecule has 1 atom stereocenters. The molecule has 4 nitrogen and oxygen atoms in total. The average Bonchev–Trinajstić information content (AvgIpc) is 2.68. The van der Waals surface area contributed by atoms with E-state index in [1.165, 1.54) is 6.07 Å². The molecule has 3 rings (SSSR count). The number of anilines is 1. The third kappa shape index (κ3) is 4.08. The third-order valence-corrected chi connectivity index (χ3v) is 5.43. The molecular weight excluding hydrogens is 375 g/mol. The third-order valence-electron chi connectivity index (χ3n) is 4.82. The molecule has 0 spiro atoms. The van der Waals surface area contributed by atoms with Crippen LogP contribution in [-0.4, -0.2) is 40.4 Å². The van der Waals surface area contributed by atoms with Gasteiger partial charge in [-0.2, -0.15) is 11.8 Å². The number of fused-ring (bicyclic) bond motifs is 1. The van der Waals surface area contributed by atoms with Crippen LogP contribution in [-0.2, 0) is 0 Å². The van der Waals surface area contributed by atoms with E-state index in [4.69, 9.17) is 4.98 Å². The average molecular weight is 401 g/mol. The normalized spacial score (nSPS) is 12.3. The summed E-state index contributed by atoms with van der Waals surface area (Å²) in [5, 5.41) is 24.1. The van der Waals surface area contributed by atoms with Crippen molar-refractivity contribution in [3.63, 3.8) is 0 Å². The quantitative estimate of drug-likeness (QED) is 0.491. The molecule has 28 heavy (non-hydrogen) atoms. The Hall–Kier alpha value is -2.31. The molecule has 1 aromatic heterocycles. The number of aliphatic hydroxyl groups is 1. The summed E-state index contributed by atoms with van der Waals surface area (Å²) in [5.41, 5.74) is 3.87. The first-order chi connectivity index (χ1) is 13.5. The number of nitrogens with one attached hydrogen (secondary N) is 1. The first-order valence-electron chi connectivity index (χ1n) is 9.23. The van der Waals surface area contributed by atoms with Gasteiger partial charge >= 0.3 is 0 Å². The molecule has 0 aliphatic rings. The van der Waals surface area contributed by atoms with E-state index in [2.05, 4.69) is 5.32 Å². The molecule has 1 heterocycles. The lowest BCUT2D eigenvalue weighted by atomic mass is 9.88. The maximum Gasteiger partial charge on any atom is 0.130 e. The van der Waals surface area contributed by atoms with Crippen LogP contribution in [0.15, 0.2) is 36.4 Å². The largest absolute Gasteiger partial charge is 0.508 e. The van der Waals surface area contributed by atoms with Crippen LogP contribution in [0.4, 0.5) is 10.2 Å². The molecule has 0 aliphatic heterocycles. The first kappa shape index (κ1) is 20.4. The number of rotatable bonds is 7. The molecule has 6 heteroatoms. The summed E-state index contributed by atoms with van der Waals surface area (Å²) >= 11 is 1.73. The first-order valence-corrected chi connectivity index (χ1v) is 10.6. The van der Waals surface area contributed by atoms with Crippen molar-refractivity contribution in [2.45, 2.75) is 19.8 Å². The lowest BCUT2D eigenvalue weighted by Gasteiger charge is -2.22. The van der Waals surface area contributed by atoms with Gasteiger partial charge in [0.1, 0.15) is 17.4 Å². The van der Waals surface area contributed by atoms with Crippen molar-refractivity contribution in [3.05, 3.63) is 53.3 Å². The van der Waals surface area contributed by atoms with Crippen LogP contribution in [0.3, 0.4) is 0 Å². The van der Waals surface area contributed by atoms with E-state index in [1.807, 2.05) is 25.3 Å². The number of aryl methyl sites for hydroxylation is 1. The second-order valence-electron chi connectivity index (χ2n) is 6.92. The molecule has 3 N–H and O–H groups in total. The number of nitrogens with zero attached hydrogens (tertiary/aromatic N) is 1. The zero-order valence-electron chi connectivity index (χ0n) is 16.3. The Kier molecular flexibility index (Phi) is 6.42. The summed E-state index contributed by atoms with van der Waals surface area (Å²) in [6.07, 6.45) is 2.04. The van der Waals surface area contributed by atoms with Crippen LogP contribution in [0.2, 0.25) is 0 Å². The minimum absolute atomic E-state index is 0.0321. The van der Waals surface area contributed by atoms with Gasteiger partial charge in [-0.25, -0.2) is 9.37 Å². The number of aromatic nitrogens is 1. The number of benzene rings is 2. The molecule has 0 saturated heterocycles. The van der Waals surface area contributed by atoms with Gasteiger partial charge < -0.3 is 15.5 Å². The summed E-state index contributed by atoms with van der Waals surface area (Å²) in [6.45, 7) is 4.38. The predicted octanol–water partition coefficient (Wildman–Crippen LogP) is 4.93. The highest BCUT2D eigenvalue weighted by Gasteiger charge is 2.21. The Balaban J connectivity index is 2.34. The van der Waals surface area contributed by atoms with Crippen LogP contribution in [0, 0.1) is 12.7 Å². The summed E-state index contributed by atoms with van der Waals surface area (Å²) in [6, 6.07) is 10.1. The van der Waals surface area contributed by atoms with E-state index in [0.29, 0.717) is 16.9 Å². The Bertz CT molecular complexity index is 994. The summed E-state index contributed by atoms with van der Waals surface area (Å²) in [5.74, 6) is 1.32. The number of phenols is 1. The Morgan fingerprint density at radius 1 is 1.21 bits per heavy atom. The Labute approximate surface area is 168 Å². The Morgan fingerprint density at radius 2 is 2.00 bits per heavy atom. The standard InChI is InChI=1S/C22H25FN2O2S/c1-13-10-15(4-7-18(13)23)21-17-6-5-16(27)11-19(17)25-22(24-8-9-28-3)20(21)14(2)12-26/h4-7,10-11,14,26-27H,8-9,12H2,1-3H3,(H,24,25). The number of thioether (sulfide) groups is 1. The van der Waals surface area contributed by atoms with Crippen LogP contribution < -0.4 is 5.32 Å². The van der Waals surface area contributed by atoms with Gasteiger partial charge in [0, 0.05) is 41.8 Å². The van der Waals surface area contributed by atoms with E-state index in [1.54, 1.807) is 36.9 Å². The van der Waals surface area contributed by atoms with Gasteiger partial charge in [0.25, 0.3) is 0 Å². The molecule has 0 radical (unpaired) electrons. The zero-order valence-corrected chi connectivity index (χ0v) is 17.1. The predicted molar refractivity (Wildman–Crippen MR) is 116 cm³/mol. The van der Waals surface area contributed by atoms with Gasteiger partial charge in [-0.1, -0.05) is 13.0 Å². The topological polar surface area (TPSA) is 65.4 Å². The number of hydrogen-bond acceptors (Lipinski definition) is 5. The molecule has 0 bridgehead atoms. The molecule has 0 amide bonds. The fourth-order valence-corrected chi connectivity index (χ4v) is 3.66. The Morgan fingerprint density at radius 3 is 2.68 bits per heavy atom. The van der Waals surface area contributed by atoms with Gasteiger partial charge in [-0.05, 0) is 54.1 Å². The van der Waals surface area contributed by atoms with Crippen LogP contribution in [0.5, 0.6) is 5.75 Å². The van der Waals surface area contributed by atoms with E-state index in [0.717, 1.165) is 34.4 Å². The van der Waals surface area contributed by atoms with E-state index in [-0.39, 0.29) is 24.1 Å². The van der Waals surface area contributed by atoms with E-state index in [9.17, 15) is 14.6 Å². The highest BCUT2D eigenvalue weighted by molar-refractivity contribution is 7.98. The second kappa shape index (κ2) is 8.80. The summed E-state index contributed by atoms with van der Waals surface area (Å²) in [4.78, 5) is 4.74. The lowest BCUT2D eigenvalue weighted by molar-refractivity contribution is 0.273. The second-order valence-corrected chi connectivity index (χ2v) is 7.90. The molecule has 3 aromatic rings. The lowest BCUT2D eigenvalue weighted by Crippen LogP contribution is -2.13. The van der Waals surface area contributed by atoms with Gasteiger partial charge in [0.05, 0.1) is 5.52 Å². The minimum atomic E-state index is -0.255. The maximum absolute atomic E-state index is 13.9. The number of hydrogen-bond donors (Lipinski definition) is 3. The minimum Gasteiger partial charge on any atom is -0.508 e. The van der Waals surface area contributed by atoms with Crippen LogP contribution in [0.1, 0.15) is 24.0 Å². The molecular formula is C22H25FN2O2S. The molecule has 0 aliphatic carbocycles. The molecule has 0 fully saturated rings. The smallest absolute Gasteiger partial charge is 0.130 e. The van der Waals surface area contributed by atoms with Gasteiger partial charge in [-0.15, -0.1) is 0 Å². The highest BCUT2D eigenvalue weighted by atomic mass is 32.2. The SMILES string of the molecule is CSCCNc1nc2cc(O)ccc2c(-c2ccc(F)c(C)c2)c1C(C)CO. The number of aliphatic hydroxyl groups excluding tert-OH is 1. The number of phenolic OH excluding ortho intramolecular Hbond substituents is 1. The fourth-order valence-electron chi connectivity index (χ4n) is 3.36. The summed E-state index contributed by atoms with van der Waals surface area (Å²) < 4.78 is 13.9. The van der Waals surface area contributed by atoms with Crippen molar-refractivity contribution in [2.75, 3.05) is 30.5 Å². The monoisotopic (exact) mass is 400 g/mol.